The van der Waals surface area contributed by atoms with Gasteiger partial charge in [0.15, 0.2) is 0 Å². The molecule has 7 heteroatoms. The molecule has 174 valence electrons. The highest BCUT2D eigenvalue weighted by Crippen LogP contribution is 2.22. The molecule has 1 fully saturated rings. The first-order valence-corrected chi connectivity index (χ1v) is 11.2. The summed E-state index contributed by atoms with van der Waals surface area (Å²) in [6.45, 7) is 8.15. The molecule has 5 nitrogen and oxygen atoms in total. The summed E-state index contributed by atoms with van der Waals surface area (Å²) in [6, 6.07) is 9.08. The van der Waals surface area contributed by atoms with Crippen molar-refractivity contribution >= 4 is 6.03 Å². The standard InChI is InChI=1S/C25H33F2N3O2/c1-17(2)32-23-8-6-19(18(3)13-23)15-28-25(31)30(22-9-11-29(4)12-10-22)16-20-5-7-21(26)14-24(20)27/h5-8,13-14,17,22H,9-12,15-16H2,1-4H3,(H,28,31). The van der Waals surface area contributed by atoms with Crippen molar-refractivity contribution in [3.05, 3.63) is 64.7 Å². The van der Waals surface area contributed by atoms with Crippen LogP contribution < -0.4 is 10.1 Å². The van der Waals surface area contributed by atoms with E-state index in [0.717, 1.165) is 48.9 Å². The molecule has 3 rings (SSSR count). The monoisotopic (exact) mass is 445 g/mol. The maximum absolute atomic E-state index is 14.3. The third-order valence-electron chi connectivity index (χ3n) is 5.86. The van der Waals surface area contributed by atoms with E-state index in [-0.39, 0.29) is 24.7 Å². The Balaban J connectivity index is 1.72. The van der Waals surface area contributed by atoms with Gasteiger partial charge in [0.1, 0.15) is 17.4 Å². The second-order valence-corrected chi connectivity index (χ2v) is 8.81. The Morgan fingerprint density at radius 2 is 1.84 bits per heavy atom. The Morgan fingerprint density at radius 1 is 1.16 bits per heavy atom. The second kappa shape index (κ2) is 10.8. The van der Waals surface area contributed by atoms with Gasteiger partial charge in [0.25, 0.3) is 0 Å². The summed E-state index contributed by atoms with van der Waals surface area (Å²) >= 11 is 0. The molecule has 2 amide bonds. The Bertz CT molecular complexity index is 927. The van der Waals surface area contributed by atoms with Crippen molar-refractivity contribution in [1.29, 1.82) is 0 Å². The average molecular weight is 446 g/mol. The highest BCUT2D eigenvalue weighted by molar-refractivity contribution is 5.74. The van der Waals surface area contributed by atoms with Gasteiger partial charge >= 0.3 is 6.03 Å². The van der Waals surface area contributed by atoms with E-state index in [9.17, 15) is 13.6 Å². The fourth-order valence-corrected chi connectivity index (χ4v) is 3.99. The average Bonchev–Trinajstić information content (AvgIpc) is 2.73. The largest absolute Gasteiger partial charge is 0.491 e. The predicted octanol–water partition coefficient (Wildman–Crippen LogP) is 4.87. The number of likely N-dealkylation sites (tertiary alicyclic amines) is 1. The first-order valence-electron chi connectivity index (χ1n) is 11.2. The highest BCUT2D eigenvalue weighted by atomic mass is 19.1. The minimum Gasteiger partial charge on any atom is -0.491 e. The van der Waals surface area contributed by atoms with Crippen molar-refractivity contribution in [1.82, 2.24) is 15.1 Å². The maximum Gasteiger partial charge on any atom is 0.318 e. The predicted molar refractivity (Wildman–Crippen MR) is 122 cm³/mol. The number of nitrogens with one attached hydrogen (secondary N) is 1. The molecule has 32 heavy (non-hydrogen) atoms. The second-order valence-electron chi connectivity index (χ2n) is 8.81. The Kier molecular flexibility index (Phi) is 8.07. The number of halogens is 2. The van der Waals surface area contributed by atoms with E-state index in [0.29, 0.717) is 12.1 Å². The number of benzene rings is 2. The molecule has 0 spiro atoms. The van der Waals surface area contributed by atoms with Crippen molar-refractivity contribution in [2.45, 2.75) is 58.8 Å². The van der Waals surface area contributed by atoms with Crippen LogP contribution in [-0.2, 0) is 13.1 Å². The van der Waals surface area contributed by atoms with Crippen LogP contribution in [0.15, 0.2) is 36.4 Å². The van der Waals surface area contributed by atoms with Crippen LogP contribution in [0.25, 0.3) is 0 Å². The van der Waals surface area contributed by atoms with Gasteiger partial charge in [0.05, 0.1) is 12.6 Å². The van der Waals surface area contributed by atoms with Gasteiger partial charge in [-0.15, -0.1) is 0 Å². The number of piperidine rings is 1. The van der Waals surface area contributed by atoms with Gasteiger partial charge in [-0.1, -0.05) is 12.1 Å². The Morgan fingerprint density at radius 3 is 2.47 bits per heavy atom. The third kappa shape index (κ3) is 6.42. The molecule has 0 unspecified atom stereocenters. The molecule has 2 aromatic carbocycles. The number of urea groups is 1. The van der Waals surface area contributed by atoms with E-state index >= 15 is 0 Å². The normalized spacial score (nSPS) is 15.1. The summed E-state index contributed by atoms with van der Waals surface area (Å²) in [6.07, 6.45) is 1.72. The molecular formula is C25H33F2N3O2. The number of carbonyl (C=O) groups is 1. The molecule has 1 saturated heterocycles. The Hall–Kier alpha value is -2.67. The molecule has 0 bridgehead atoms. The van der Waals surface area contributed by atoms with E-state index in [4.69, 9.17) is 4.74 Å². The maximum atomic E-state index is 14.3. The van der Waals surface area contributed by atoms with Gasteiger partial charge < -0.3 is 19.9 Å². The number of carbonyl (C=O) groups excluding carboxylic acids is 1. The van der Waals surface area contributed by atoms with Crippen molar-refractivity contribution < 1.29 is 18.3 Å². The smallest absolute Gasteiger partial charge is 0.318 e. The lowest BCUT2D eigenvalue weighted by Gasteiger charge is -2.37. The summed E-state index contributed by atoms with van der Waals surface area (Å²) < 4.78 is 33.4. The summed E-state index contributed by atoms with van der Waals surface area (Å²) in [7, 11) is 2.05. The fourth-order valence-electron chi connectivity index (χ4n) is 3.99. The van der Waals surface area contributed by atoms with Gasteiger partial charge in [-0.2, -0.15) is 0 Å². The van der Waals surface area contributed by atoms with Crippen LogP contribution in [0.3, 0.4) is 0 Å². The van der Waals surface area contributed by atoms with Crippen molar-refractivity contribution in [2.75, 3.05) is 20.1 Å². The number of rotatable bonds is 7. The van der Waals surface area contributed by atoms with Crippen LogP contribution in [0.5, 0.6) is 5.75 Å². The molecule has 0 aliphatic carbocycles. The lowest BCUT2D eigenvalue weighted by Crippen LogP contribution is -2.49. The van der Waals surface area contributed by atoms with Gasteiger partial charge in [-0.3, -0.25) is 0 Å². The summed E-state index contributed by atoms with van der Waals surface area (Å²) in [5.74, 6) is -0.457. The first-order chi connectivity index (χ1) is 15.2. The minimum atomic E-state index is -0.632. The summed E-state index contributed by atoms with van der Waals surface area (Å²) in [5.41, 5.74) is 2.33. The molecule has 1 heterocycles. The number of aryl methyl sites for hydroxylation is 1. The van der Waals surface area contributed by atoms with E-state index in [1.807, 2.05) is 39.0 Å². The molecule has 0 radical (unpaired) electrons. The van der Waals surface area contributed by atoms with Crippen LogP contribution in [0.4, 0.5) is 13.6 Å². The van der Waals surface area contributed by atoms with E-state index in [1.54, 1.807) is 4.90 Å². The van der Waals surface area contributed by atoms with Crippen molar-refractivity contribution in [2.24, 2.45) is 0 Å². The molecular weight excluding hydrogens is 412 g/mol. The number of amides is 2. The topological polar surface area (TPSA) is 44.8 Å². The summed E-state index contributed by atoms with van der Waals surface area (Å²) in [4.78, 5) is 17.1. The number of hydrogen-bond acceptors (Lipinski definition) is 3. The van der Waals surface area contributed by atoms with Crippen LogP contribution in [0, 0.1) is 18.6 Å². The molecule has 2 aromatic rings. The summed E-state index contributed by atoms with van der Waals surface area (Å²) in [5, 5.41) is 3.00. The van der Waals surface area contributed by atoms with E-state index in [1.165, 1.54) is 12.1 Å². The van der Waals surface area contributed by atoms with Crippen LogP contribution in [0.2, 0.25) is 0 Å². The van der Waals surface area contributed by atoms with Crippen molar-refractivity contribution in [3.63, 3.8) is 0 Å². The zero-order valence-corrected chi connectivity index (χ0v) is 19.3. The number of ether oxygens (including phenoxy) is 1. The fraction of sp³-hybridized carbons (Fsp3) is 0.480. The molecule has 1 N–H and O–H groups in total. The van der Waals surface area contributed by atoms with E-state index in [2.05, 4.69) is 17.3 Å². The van der Waals surface area contributed by atoms with Gasteiger partial charge in [0.2, 0.25) is 0 Å². The molecule has 0 atom stereocenters. The molecule has 0 saturated carbocycles. The van der Waals surface area contributed by atoms with Crippen LogP contribution >= 0.6 is 0 Å². The first kappa shape index (κ1) is 24.0. The van der Waals surface area contributed by atoms with Gasteiger partial charge in [-0.25, -0.2) is 13.6 Å². The minimum absolute atomic E-state index is 0.00133. The van der Waals surface area contributed by atoms with Gasteiger partial charge in [0, 0.05) is 24.2 Å². The zero-order chi connectivity index (χ0) is 23.3. The lowest BCUT2D eigenvalue weighted by molar-refractivity contribution is 0.126. The molecule has 0 aromatic heterocycles. The number of hydrogen-bond donors (Lipinski definition) is 1. The lowest BCUT2D eigenvalue weighted by atomic mass is 10.0. The quantitative estimate of drug-likeness (QED) is 0.662. The van der Waals surface area contributed by atoms with Gasteiger partial charge in [-0.05, 0) is 83.1 Å². The molecule has 1 aliphatic rings. The van der Waals surface area contributed by atoms with Crippen molar-refractivity contribution in [3.8, 4) is 5.75 Å². The van der Waals surface area contributed by atoms with E-state index < -0.39 is 11.6 Å². The number of nitrogens with zero attached hydrogens (tertiary/aromatic N) is 2. The third-order valence-corrected chi connectivity index (χ3v) is 5.86. The SMILES string of the molecule is Cc1cc(OC(C)C)ccc1CNC(=O)N(Cc1ccc(F)cc1F)C1CCN(C)CC1. The highest BCUT2D eigenvalue weighted by Gasteiger charge is 2.28. The van der Waals surface area contributed by atoms with Crippen LogP contribution in [-0.4, -0.2) is 48.1 Å². The van der Waals surface area contributed by atoms with Crippen LogP contribution in [0.1, 0.15) is 43.4 Å². The molecule has 1 aliphatic heterocycles. The Labute approximate surface area is 189 Å². The zero-order valence-electron chi connectivity index (χ0n) is 19.3.